The van der Waals surface area contributed by atoms with Gasteiger partial charge in [0.15, 0.2) is 0 Å². The molecule has 0 bridgehead atoms. The topological polar surface area (TPSA) is 30.7 Å². The molecule has 9 rings (SSSR count). The highest BCUT2D eigenvalue weighted by molar-refractivity contribution is 6.10. The van der Waals surface area contributed by atoms with Gasteiger partial charge in [0.25, 0.3) is 0 Å². The smallest absolute Gasteiger partial charge is 0.235 e. The second-order valence-electron chi connectivity index (χ2n) is 12.6. The van der Waals surface area contributed by atoms with Crippen molar-refractivity contribution < 1.29 is 0 Å². The van der Waals surface area contributed by atoms with Crippen molar-refractivity contribution >= 4 is 33.5 Å². The predicted octanol–water partition coefficient (Wildman–Crippen LogP) is 11.7. The Labute approximate surface area is 291 Å². The van der Waals surface area contributed by atoms with E-state index in [0.717, 1.165) is 55.5 Å². The minimum Gasteiger partial charge on any atom is -0.278 e. The Morgan fingerprint density at radius 2 is 1.10 bits per heavy atom. The van der Waals surface area contributed by atoms with Gasteiger partial charge in [-0.05, 0) is 52.1 Å². The van der Waals surface area contributed by atoms with Crippen molar-refractivity contribution in [3.05, 3.63) is 210 Å². The molecule has 6 aromatic carbocycles. The minimum absolute atomic E-state index is 0.167. The molecule has 0 aliphatic heterocycles. The van der Waals surface area contributed by atoms with Crippen LogP contribution in [0.25, 0.3) is 61.9 Å². The van der Waals surface area contributed by atoms with E-state index in [1.165, 1.54) is 16.7 Å². The van der Waals surface area contributed by atoms with E-state index in [0.29, 0.717) is 5.95 Å². The summed E-state index contributed by atoms with van der Waals surface area (Å²) in [6.45, 7) is 0. The monoisotopic (exact) mass is 639 g/mol. The molecule has 0 saturated heterocycles. The second kappa shape index (κ2) is 12.8. The number of fused-ring (bicyclic) bond motifs is 4. The van der Waals surface area contributed by atoms with E-state index in [2.05, 4.69) is 187 Å². The Bertz CT molecular complexity index is 2520. The molecule has 1 aliphatic carbocycles. The predicted molar refractivity (Wildman–Crippen MR) is 208 cm³/mol. The largest absolute Gasteiger partial charge is 0.278 e. The lowest BCUT2D eigenvalue weighted by Crippen LogP contribution is -2.04. The van der Waals surface area contributed by atoms with E-state index in [-0.39, 0.29) is 5.92 Å². The molecule has 2 aromatic heterocycles. The summed E-state index contributed by atoms with van der Waals surface area (Å²) in [4.78, 5) is 10.4. The highest BCUT2D eigenvalue weighted by Crippen LogP contribution is 2.36. The highest BCUT2D eigenvalue weighted by atomic mass is 15.2. The molecule has 0 spiro atoms. The number of hydrogen-bond donors (Lipinski definition) is 0. The van der Waals surface area contributed by atoms with Gasteiger partial charge in [0.1, 0.15) is 0 Å². The molecule has 3 heteroatoms. The Kier molecular flexibility index (Phi) is 7.56. The van der Waals surface area contributed by atoms with Gasteiger partial charge in [-0.1, -0.05) is 170 Å². The fraction of sp³-hybridized carbons (Fsp3) is 0.0213. The maximum Gasteiger partial charge on any atom is 0.235 e. The van der Waals surface area contributed by atoms with Crippen LogP contribution in [0.4, 0.5) is 0 Å². The first-order valence-corrected chi connectivity index (χ1v) is 17.0. The Morgan fingerprint density at radius 1 is 0.480 bits per heavy atom. The van der Waals surface area contributed by atoms with Crippen LogP contribution in [0.15, 0.2) is 188 Å². The van der Waals surface area contributed by atoms with Crippen molar-refractivity contribution in [1.82, 2.24) is 14.5 Å². The van der Waals surface area contributed by atoms with E-state index >= 15 is 0 Å². The molecular weight excluding hydrogens is 607 g/mol. The van der Waals surface area contributed by atoms with Crippen LogP contribution in [0.3, 0.4) is 0 Å². The van der Waals surface area contributed by atoms with E-state index in [4.69, 9.17) is 9.97 Å². The zero-order chi connectivity index (χ0) is 33.3. The first-order valence-electron chi connectivity index (χ1n) is 17.0. The maximum atomic E-state index is 5.19. The van der Waals surface area contributed by atoms with Crippen molar-refractivity contribution in [3.63, 3.8) is 0 Å². The molecule has 1 aliphatic rings. The van der Waals surface area contributed by atoms with E-state index in [1.54, 1.807) is 0 Å². The van der Waals surface area contributed by atoms with Gasteiger partial charge in [-0.15, -0.1) is 0 Å². The van der Waals surface area contributed by atoms with Gasteiger partial charge < -0.3 is 0 Å². The molecular formula is C47H33N3. The summed E-state index contributed by atoms with van der Waals surface area (Å²) in [7, 11) is 0. The second-order valence-corrected chi connectivity index (χ2v) is 12.6. The van der Waals surface area contributed by atoms with Gasteiger partial charge in [0.05, 0.1) is 22.4 Å². The molecule has 2 heterocycles. The number of hydrogen-bond acceptors (Lipinski definition) is 2. The van der Waals surface area contributed by atoms with Crippen LogP contribution in [-0.2, 0) is 0 Å². The molecule has 0 N–H and O–H groups in total. The Morgan fingerprint density at radius 3 is 1.84 bits per heavy atom. The summed E-state index contributed by atoms with van der Waals surface area (Å²) in [5.41, 5.74) is 12.1. The number of aromatic nitrogens is 3. The van der Waals surface area contributed by atoms with E-state index in [9.17, 15) is 0 Å². The standard InChI is InChI=1S/C47H33N3/c1-4-15-34(16-5-1)40-25-14-22-33(27-28-35-17-10-11-23-39(35)40)38-29-30-46-42(31-38)41-24-12-13-26-45(41)50(46)47-48-43(36-18-6-2-7-19-36)32-44(49-47)37-20-8-3-9-21-37/h1-32,40H/b25-14+,28-27-,33-22+. The quantitative estimate of drug-likeness (QED) is 0.188. The number of allylic oxidation sites excluding steroid dienone is 5. The number of rotatable bonds is 5. The lowest BCUT2D eigenvalue weighted by molar-refractivity contribution is 0.995. The van der Waals surface area contributed by atoms with Crippen LogP contribution in [0.2, 0.25) is 0 Å². The molecule has 0 saturated carbocycles. The lowest BCUT2D eigenvalue weighted by atomic mass is 9.88. The maximum absolute atomic E-state index is 5.19. The number of nitrogens with zero attached hydrogens (tertiary/aromatic N) is 3. The first kappa shape index (κ1) is 29.6. The van der Waals surface area contributed by atoms with Gasteiger partial charge in [0, 0.05) is 27.8 Å². The van der Waals surface area contributed by atoms with Gasteiger partial charge >= 0.3 is 0 Å². The summed E-state index contributed by atoms with van der Waals surface area (Å²) in [5, 5.41) is 2.32. The third kappa shape index (κ3) is 5.45. The molecule has 0 radical (unpaired) electrons. The Hall–Kier alpha value is -6.58. The van der Waals surface area contributed by atoms with Crippen LogP contribution in [0.5, 0.6) is 0 Å². The van der Waals surface area contributed by atoms with Gasteiger partial charge in [-0.3, -0.25) is 4.57 Å². The lowest BCUT2D eigenvalue weighted by Gasteiger charge is -2.16. The van der Waals surface area contributed by atoms with E-state index < -0.39 is 0 Å². The Balaban J connectivity index is 1.20. The van der Waals surface area contributed by atoms with Gasteiger partial charge in [-0.2, -0.15) is 0 Å². The third-order valence-corrected chi connectivity index (χ3v) is 9.57. The van der Waals surface area contributed by atoms with Crippen molar-refractivity contribution in [2.24, 2.45) is 0 Å². The van der Waals surface area contributed by atoms with Crippen LogP contribution in [0.1, 0.15) is 28.2 Å². The third-order valence-electron chi connectivity index (χ3n) is 9.57. The molecule has 1 atom stereocenters. The minimum atomic E-state index is 0.167. The average Bonchev–Trinajstić information content (AvgIpc) is 3.56. The fourth-order valence-electron chi connectivity index (χ4n) is 7.11. The highest BCUT2D eigenvalue weighted by Gasteiger charge is 2.18. The zero-order valence-corrected chi connectivity index (χ0v) is 27.4. The molecule has 8 aromatic rings. The van der Waals surface area contributed by atoms with Crippen LogP contribution < -0.4 is 0 Å². The van der Waals surface area contributed by atoms with Crippen molar-refractivity contribution in [1.29, 1.82) is 0 Å². The van der Waals surface area contributed by atoms with Crippen molar-refractivity contribution in [3.8, 4) is 28.5 Å². The first-order chi connectivity index (χ1) is 24.8. The van der Waals surface area contributed by atoms with E-state index in [1.807, 2.05) is 12.1 Å². The fourth-order valence-corrected chi connectivity index (χ4v) is 7.11. The van der Waals surface area contributed by atoms with Gasteiger partial charge in [-0.25, -0.2) is 9.97 Å². The molecule has 3 nitrogen and oxygen atoms in total. The molecule has 0 fully saturated rings. The number of benzene rings is 6. The average molecular weight is 640 g/mol. The SMILES string of the molecule is C1=C/c2ccccc2C(c2ccccc2)/C=C/C=C\1c1ccc2c(c1)c1ccccc1n2-c1nc(-c2ccccc2)cc(-c2ccccc2)n1. The summed E-state index contributed by atoms with van der Waals surface area (Å²) < 4.78 is 2.21. The molecule has 0 amide bonds. The summed E-state index contributed by atoms with van der Waals surface area (Å²) in [5.74, 6) is 0.817. The number of para-hydroxylation sites is 1. The molecule has 236 valence electrons. The molecule has 50 heavy (non-hydrogen) atoms. The summed E-state index contributed by atoms with van der Waals surface area (Å²) >= 11 is 0. The zero-order valence-electron chi connectivity index (χ0n) is 27.4. The van der Waals surface area contributed by atoms with Crippen molar-refractivity contribution in [2.75, 3.05) is 0 Å². The van der Waals surface area contributed by atoms with Crippen molar-refractivity contribution in [2.45, 2.75) is 5.92 Å². The summed E-state index contributed by atoms with van der Waals surface area (Å²) in [6.07, 6.45) is 11.3. The normalized spacial score (nSPS) is 16.5. The van der Waals surface area contributed by atoms with Crippen LogP contribution in [0, 0.1) is 0 Å². The van der Waals surface area contributed by atoms with Crippen LogP contribution in [-0.4, -0.2) is 14.5 Å². The summed E-state index contributed by atoms with van der Waals surface area (Å²) in [6, 6.07) is 57.5. The van der Waals surface area contributed by atoms with Gasteiger partial charge in [0.2, 0.25) is 5.95 Å². The van der Waals surface area contributed by atoms with Crippen LogP contribution >= 0.6 is 0 Å². The molecule has 1 unspecified atom stereocenters.